The molecule has 112 valence electrons. The molecule has 20 heavy (non-hydrogen) atoms. The minimum Gasteiger partial charge on any atom is -0.369 e. The molecule has 1 aliphatic rings. The number of hydrogen-bond donors (Lipinski definition) is 0. The van der Waals surface area contributed by atoms with Gasteiger partial charge in [-0.25, -0.2) is 8.42 Å². The molecule has 1 heterocycles. The maximum atomic E-state index is 12.5. The highest BCUT2D eigenvalue weighted by Crippen LogP contribution is 2.29. The summed E-state index contributed by atoms with van der Waals surface area (Å²) >= 11 is 0. The van der Waals surface area contributed by atoms with Crippen LogP contribution in [0.4, 0.5) is 14.5 Å². The zero-order valence-corrected chi connectivity index (χ0v) is 12.4. The Morgan fingerprint density at radius 2 is 1.75 bits per heavy atom. The minimum absolute atomic E-state index is 0.325. The topological polar surface area (TPSA) is 37.4 Å². The standard InChI is InChI=1S/C14H19F2NO2S/c1-10-3-4-11(2)17(9-10)12-5-7-13(8-6-12)20(18,19)14(15)16/h5-8,10-11,14H,3-4,9H2,1-2H3. The molecule has 1 aromatic rings. The third kappa shape index (κ3) is 2.95. The first-order chi connectivity index (χ1) is 9.32. The van der Waals surface area contributed by atoms with Gasteiger partial charge >= 0.3 is 5.76 Å². The number of alkyl halides is 2. The van der Waals surface area contributed by atoms with Gasteiger partial charge in [0.25, 0.3) is 0 Å². The largest absolute Gasteiger partial charge is 0.369 e. The molecule has 0 aromatic heterocycles. The van der Waals surface area contributed by atoms with Gasteiger partial charge in [0.05, 0.1) is 4.90 Å². The van der Waals surface area contributed by atoms with Crippen LogP contribution in [0, 0.1) is 5.92 Å². The highest BCUT2D eigenvalue weighted by atomic mass is 32.2. The van der Waals surface area contributed by atoms with Gasteiger partial charge in [-0.15, -0.1) is 0 Å². The predicted octanol–water partition coefficient (Wildman–Crippen LogP) is 3.31. The lowest BCUT2D eigenvalue weighted by atomic mass is 9.94. The molecule has 3 nitrogen and oxygen atoms in total. The van der Waals surface area contributed by atoms with Gasteiger partial charge in [-0.2, -0.15) is 8.78 Å². The van der Waals surface area contributed by atoms with E-state index in [9.17, 15) is 17.2 Å². The lowest BCUT2D eigenvalue weighted by Gasteiger charge is -2.38. The molecule has 2 unspecified atom stereocenters. The van der Waals surface area contributed by atoms with Crippen molar-refractivity contribution in [1.29, 1.82) is 0 Å². The molecular weight excluding hydrogens is 284 g/mol. The minimum atomic E-state index is -4.50. The quantitative estimate of drug-likeness (QED) is 0.859. The Hall–Kier alpha value is -1.17. The number of benzene rings is 1. The van der Waals surface area contributed by atoms with Crippen molar-refractivity contribution < 1.29 is 17.2 Å². The van der Waals surface area contributed by atoms with E-state index in [0.29, 0.717) is 12.0 Å². The molecule has 0 radical (unpaired) electrons. The van der Waals surface area contributed by atoms with Crippen LogP contribution >= 0.6 is 0 Å². The summed E-state index contributed by atoms with van der Waals surface area (Å²) in [5.41, 5.74) is 0.886. The highest BCUT2D eigenvalue weighted by molar-refractivity contribution is 7.91. The maximum Gasteiger partial charge on any atom is 0.341 e. The van der Waals surface area contributed by atoms with E-state index in [0.717, 1.165) is 18.7 Å². The van der Waals surface area contributed by atoms with Gasteiger partial charge < -0.3 is 4.90 Å². The third-order valence-corrected chi connectivity index (χ3v) is 5.25. The molecule has 0 N–H and O–H groups in total. The van der Waals surface area contributed by atoms with Crippen LogP contribution in [-0.4, -0.2) is 26.8 Å². The van der Waals surface area contributed by atoms with Gasteiger partial charge in [0, 0.05) is 18.3 Å². The van der Waals surface area contributed by atoms with Crippen LogP contribution in [-0.2, 0) is 9.84 Å². The number of sulfone groups is 1. The molecule has 0 aliphatic carbocycles. The van der Waals surface area contributed by atoms with Crippen molar-refractivity contribution in [3.63, 3.8) is 0 Å². The first kappa shape index (κ1) is 15.2. The second kappa shape index (κ2) is 5.68. The van der Waals surface area contributed by atoms with Crippen molar-refractivity contribution in [2.75, 3.05) is 11.4 Å². The van der Waals surface area contributed by atoms with Crippen LogP contribution in [0.1, 0.15) is 26.7 Å². The van der Waals surface area contributed by atoms with Gasteiger partial charge in [0.1, 0.15) is 0 Å². The first-order valence-electron chi connectivity index (χ1n) is 6.71. The number of piperidine rings is 1. The summed E-state index contributed by atoms with van der Waals surface area (Å²) < 4.78 is 47.7. The molecule has 1 aromatic carbocycles. The number of anilines is 1. The molecule has 0 saturated carbocycles. The van der Waals surface area contributed by atoms with E-state index in [4.69, 9.17) is 0 Å². The fourth-order valence-electron chi connectivity index (χ4n) is 2.58. The van der Waals surface area contributed by atoms with Crippen molar-refractivity contribution in [2.24, 2.45) is 5.92 Å². The number of halogens is 2. The zero-order valence-electron chi connectivity index (χ0n) is 11.6. The van der Waals surface area contributed by atoms with Crippen molar-refractivity contribution in [3.05, 3.63) is 24.3 Å². The van der Waals surface area contributed by atoms with Crippen LogP contribution in [0.15, 0.2) is 29.2 Å². The van der Waals surface area contributed by atoms with E-state index in [1.165, 1.54) is 18.6 Å². The molecule has 2 atom stereocenters. The molecule has 0 amide bonds. The van der Waals surface area contributed by atoms with Crippen molar-refractivity contribution in [2.45, 2.75) is 43.4 Å². The van der Waals surface area contributed by atoms with Crippen LogP contribution in [0.25, 0.3) is 0 Å². The van der Waals surface area contributed by atoms with E-state index in [-0.39, 0.29) is 4.90 Å². The molecule has 1 aliphatic heterocycles. The molecule has 2 rings (SSSR count). The summed E-state index contributed by atoms with van der Waals surface area (Å²) in [6.07, 6.45) is 2.26. The third-order valence-electron chi connectivity index (χ3n) is 3.85. The van der Waals surface area contributed by atoms with E-state index in [1.807, 2.05) is 0 Å². The maximum absolute atomic E-state index is 12.5. The highest BCUT2D eigenvalue weighted by Gasteiger charge is 2.27. The van der Waals surface area contributed by atoms with E-state index in [1.54, 1.807) is 12.1 Å². The predicted molar refractivity (Wildman–Crippen MR) is 74.8 cm³/mol. The van der Waals surface area contributed by atoms with Crippen molar-refractivity contribution in [1.82, 2.24) is 0 Å². The number of hydrogen-bond acceptors (Lipinski definition) is 3. The van der Waals surface area contributed by atoms with Crippen LogP contribution < -0.4 is 4.90 Å². The number of rotatable bonds is 3. The average molecular weight is 303 g/mol. The Bertz CT molecular complexity index is 557. The van der Waals surface area contributed by atoms with Crippen molar-refractivity contribution >= 4 is 15.5 Å². The second-order valence-electron chi connectivity index (χ2n) is 5.48. The fourth-order valence-corrected chi connectivity index (χ4v) is 3.30. The van der Waals surface area contributed by atoms with E-state index >= 15 is 0 Å². The summed E-state index contributed by atoms with van der Waals surface area (Å²) in [6.45, 7) is 5.20. The molecule has 0 bridgehead atoms. The van der Waals surface area contributed by atoms with E-state index in [2.05, 4.69) is 18.7 Å². The summed E-state index contributed by atoms with van der Waals surface area (Å²) in [5.74, 6) is -2.79. The van der Waals surface area contributed by atoms with Crippen LogP contribution in [0.5, 0.6) is 0 Å². The SMILES string of the molecule is CC1CCC(C)N(c2ccc(S(=O)(=O)C(F)F)cc2)C1. The first-order valence-corrected chi connectivity index (χ1v) is 8.25. The van der Waals surface area contributed by atoms with Gasteiger partial charge in [0.15, 0.2) is 0 Å². The van der Waals surface area contributed by atoms with Gasteiger partial charge in [-0.3, -0.25) is 0 Å². The van der Waals surface area contributed by atoms with Crippen LogP contribution in [0.2, 0.25) is 0 Å². The fraction of sp³-hybridized carbons (Fsp3) is 0.571. The normalized spacial score (nSPS) is 24.1. The van der Waals surface area contributed by atoms with Crippen LogP contribution in [0.3, 0.4) is 0 Å². The molecule has 1 saturated heterocycles. The summed E-state index contributed by atoms with van der Waals surface area (Å²) in [4.78, 5) is 1.88. The summed E-state index contributed by atoms with van der Waals surface area (Å²) in [6, 6.07) is 6.14. The van der Waals surface area contributed by atoms with Gasteiger partial charge in [-0.05, 0) is 49.9 Å². The molecule has 6 heteroatoms. The van der Waals surface area contributed by atoms with Gasteiger partial charge in [-0.1, -0.05) is 6.92 Å². The Kier molecular flexibility index (Phi) is 4.32. The zero-order chi connectivity index (χ0) is 14.9. The Morgan fingerprint density at radius 1 is 1.15 bits per heavy atom. The molecule has 1 fully saturated rings. The number of nitrogens with zero attached hydrogens (tertiary/aromatic N) is 1. The molecule has 0 spiro atoms. The van der Waals surface area contributed by atoms with Gasteiger partial charge in [0.2, 0.25) is 9.84 Å². The summed E-state index contributed by atoms with van der Waals surface area (Å²) in [7, 11) is -4.50. The van der Waals surface area contributed by atoms with E-state index < -0.39 is 15.6 Å². The Morgan fingerprint density at radius 3 is 2.30 bits per heavy atom. The smallest absolute Gasteiger partial charge is 0.341 e. The molecular formula is C14H19F2NO2S. The summed E-state index contributed by atoms with van der Waals surface area (Å²) in [5, 5.41) is 0. The van der Waals surface area contributed by atoms with Crippen molar-refractivity contribution in [3.8, 4) is 0 Å². The Balaban J connectivity index is 2.24. The lowest BCUT2D eigenvalue weighted by Crippen LogP contribution is -2.41. The Labute approximate surface area is 118 Å². The second-order valence-corrected chi connectivity index (χ2v) is 7.40. The lowest BCUT2D eigenvalue weighted by molar-refractivity contribution is 0.234. The monoisotopic (exact) mass is 303 g/mol. The average Bonchev–Trinajstić information content (AvgIpc) is 2.41.